The quantitative estimate of drug-likeness (QED) is 0.855. The monoisotopic (exact) mass is 336 g/mol. The first kappa shape index (κ1) is 15.5. The number of Topliss-reactive ketones (excluding diaryl/α,β-unsaturated/α-hetero) is 1. The molecule has 0 saturated heterocycles. The molecule has 0 bridgehead atoms. The molecule has 0 aromatic heterocycles. The molecule has 2 aromatic carbocycles. The van der Waals surface area contributed by atoms with Crippen molar-refractivity contribution in [2.75, 3.05) is 5.32 Å². The van der Waals surface area contributed by atoms with Gasteiger partial charge in [-0.3, -0.25) is 24.1 Å². The Morgan fingerprint density at radius 3 is 2.56 bits per heavy atom. The highest BCUT2D eigenvalue weighted by atomic mass is 16.2. The summed E-state index contributed by atoms with van der Waals surface area (Å²) in [5.41, 5.74) is 0.948. The zero-order valence-electron chi connectivity index (χ0n) is 14.1. The van der Waals surface area contributed by atoms with Gasteiger partial charge in [0.15, 0.2) is 0 Å². The van der Waals surface area contributed by atoms with Crippen LogP contribution in [0.3, 0.4) is 0 Å². The van der Waals surface area contributed by atoms with Crippen LogP contribution in [0.4, 0.5) is 5.69 Å². The number of imide groups is 1. The van der Waals surface area contributed by atoms with E-state index in [2.05, 4.69) is 5.32 Å². The first-order chi connectivity index (χ1) is 11.7. The minimum atomic E-state index is -0.928. The topological polar surface area (TPSA) is 83.6 Å². The van der Waals surface area contributed by atoms with E-state index in [0.29, 0.717) is 22.2 Å². The van der Waals surface area contributed by atoms with Crippen molar-refractivity contribution in [2.45, 2.75) is 32.7 Å². The summed E-state index contributed by atoms with van der Waals surface area (Å²) < 4.78 is 0. The fraction of sp³-hybridized carbons (Fsp3) is 0.263. The number of fused-ring (bicyclic) bond motifs is 2. The lowest BCUT2D eigenvalue weighted by molar-refractivity contribution is -0.135. The molecule has 0 unspecified atom stereocenters. The van der Waals surface area contributed by atoms with E-state index in [9.17, 15) is 19.2 Å². The summed E-state index contributed by atoms with van der Waals surface area (Å²) in [6.45, 7) is 4.82. The van der Waals surface area contributed by atoms with Crippen LogP contribution in [-0.4, -0.2) is 28.4 Å². The Balaban J connectivity index is 2.00. The van der Waals surface area contributed by atoms with Crippen LogP contribution in [0.5, 0.6) is 0 Å². The lowest BCUT2D eigenvalue weighted by Crippen LogP contribution is -2.44. The summed E-state index contributed by atoms with van der Waals surface area (Å²) in [5, 5.41) is 4.32. The van der Waals surface area contributed by atoms with E-state index in [1.165, 1.54) is 6.92 Å². The highest BCUT2D eigenvalue weighted by Crippen LogP contribution is 2.46. The van der Waals surface area contributed by atoms with Crippen LogP contribution >= 0.6 is 0 Å². The smallest absolute Gasteiger partial charge is 0.262 e. The summed E-state index contributed by atoms with van der Waals surface area (Å²) in [5.74, 6) is -1.71. The number of hydrogen-bond donors (Lipinski definition) is 1. The van der Waals surface area contributed by atoms with Gasteiger partial charge in [0.2, 0.25) is 5.91 Å². The molecule has 0 aliphatic carbocycles. The summed E-state index contributed by atoms with van der Waals surface area (Å²) in [6.07, 6.45) is -0.338. The minimum absolute atomic E-state index is 0.261. The zero-order chi connectivity index (χ0) is 18.1. The second-order valence-corrected chi connectivity index (χ2v) is 7.00. The third kappa shape index (κ3) is 1.91. The highest BCUT2D eigenvalue weighted by molar-refractivity contribution is 6.30. The number of carbonyl (C=O) groups excluding carboxylic acids is 4. The van der Waals surface area contributed by atoms with Crippen LogP contribution < -0.4 is 5.32 Å². The molecule has 3 amide bonds. The van der Waals surface area contributed by atoms with E-state index in [-0.39, 0.29) is 23.7 Å². The molecule has 2 aliphatic rings. The average molecular weight is 336 g/mol. The molecule has 1 N–H and O–H groups in total. The van der Waals surface area contributed by atoms with Gasteiger partial charge < -0.3 is 5.32 Å². The van der Waals surface area contributed by atoms with E-state index < -0.39 is 17.4 Å². The number of benzene rings is 2. The molecule has 6 heteroatoms. The molecule has 0 spiro atoms. The molecule has 6 nitrogen and oxygen atoms in total. The van der Waals surface area contributed by atoms with Crippen LogP contribution in [0.15, 0.2) is 24.3 Å². The Labute approximate surface area is 143 Å². The molecule has 4 rings (SSSR count). The maximum Gasteiger partial charge on any atom is 0.262 e. The Kier molecular flexibility index (Phi) is 2.95. The standard InChI is InChI=1S/C19H16N2O4/c1-9(22)7-13(23)21-18(25)15-11(19(21,2)3)8-10-5-4-6-12-14(10)16(15)17(24)20-12/h4-6,8H,7H2,1-3H3,(H,20,24). The Hall–Kier alpha value is -3.02. The average Bonchev–Trinajstić information content (AvgIpc) is 2.93. The second-order valence-electron chi connectivity index (χ2n) is 7.00. The van der Waals surface area contributed by atoms with E-state index >= 15 is 0 Å². The van der Waals surface area contributed by atoms with Crippen molar-refractivity contribution >= 4 is 40.0 Å². The summed E-state index contributed by atoms with van der Waals surface area (Å²) >= 11 is 0. The van der Waals surface area contributed by atoms with Crippen molar-refractivity contribution in [2.24, 2.45) is 0 Å². The lowest BCUT2D eigenvalue weighted by Gasteiger charge is -2.30. The van der Waals surface area contributed by atoms with E-state index in [4.69, 9.17) is 0 Å². The molecule has 0 atom stereocenters. The van der Waals surface area contributed by atoms with Gasteiger partial charge >= 0.3 is 0 Å². The van der Waals surface area contributed by atoms with Crippen molar-refractivity contribution in [3.05, 3.63) is 41.0 Å². The number of carbonyl (C=O) groups is 4. The van der Waals surface area contributed by atoms with E-state index in [1.807, 2.05) is 18.2 Å². The van der Waals surface area contributed by atoms with Gasteiger partial charge in [-0.15, -0.1) is 0 Å². The number of anilines is 1. The van der Waals surface area contributed by atoms with Crippen molar-refractivity contribution in [1.82, 2.24) is 4.90 Å². The Morgan fingerprint density at radius 2 is 1.88 bits per heavy atom. The molecule has 0 fully saturated rings. The highest BCUT2D eigenvalue weighted by Gasteiger charge is 2.49. The first-order valence-corrected chi connectivity index (χ1v) is 8.02. The fourth-order valence-electron chi connectivity index (χ4n) is 3.88. The third-order valence-corrected chi connectivity index (χ3v) is 4.93. The summed E-state index contributed by atoms with van der Waals surface area (Å²) in [7, 11) is 0. The predicted octanol–water partition coefficient (Wildman–Crippen LogP) is 2.60. The molecular weight excluding hydrogens is 320 g/mol. The van der Waals surface area contributed by atoms with Gasteiger partial charge in [0.1, 0.15) is 5.78 Å². The number of ketones is 1. The van der Waals surface area contributed by atoms with Crippen LogP contribution in [0, 0.1) is 0 Å². The molecule has 126 valence electrons. The van der Waals surface area contributed by atoms with Gasteiger partial charge in [0.25, 0.3) is 11.8 Å². The van der Waals surface area contributed by atoms with E-state index in [0.717, 1.165) is 10.3 Å². The fourth-order valence-corrected chi connectivity index (χ4v) is 3.88. The van der Waals surface area contributed by atoms with Gasteiger partial charge in [0, 0.05) is 11.1 Å². The number of nitrogens with one attached hydrogen (secondary N) is 1. The van der Waals surface area contributed by atoms with Gasteiger partial charge in [-0.2, -0.15) is 0 Å². The van der Waals surface area contributed by atoms with Gasteiger partial charge in [-0.05, 0) is 43.9 Å². The van der Waals surface area contributed by atoms with Crippen molar-refractivity contribution in [3.8, 4) is 0 Å². The number of nitrogens with zero attached hydrogens (tertiary/aromatic N) is 1. The number of amides is 3. The van der Waals surface area contributed by atoms with E-state index in [1.54, 1.807) is 19.9 Å². The predicted molar refractivity (Wildman–Crippen MR) is 91.4 cm³/mol. The van der Waals surface area contributed by atoms with Gasteiger partial charge in [-0.1, -0.05) is 12.1 Å². The molecule has 2 aromatic rings. The first-order valence-electron chi connectivity index (χ1n) is 8.02. The largest absolute Gasteiger partial charge is 0.321 e. The van der Waals surface area contributed by atoms with Crippen molar-refractivity contribution in [3.63, 3.8) is 0 Å². The van der Waals surface area contributed by atoms with Crippen LogP contribution in [0.25, 0.3) is 10.8 Å². The second kappa shape index (κ2) is 4.75. The SMILES string of the molecule is CC(=O)CC(=O)N1C(=O)c2c(cc3cccc4c3c2C(=O)N4)C1(C)C. The number of hydrogen-bond acceptors (Lipinski definition) is 4. The summed E-state index contributed by atoms with van der Waals surface area (Å²) in [4.78, 5) is 50.5. The molecule has 0 radical (unpaired) electrons. The summed E-state index contributed by atoms with van der Waals surface area (Å²) in [6, 6.07) is 7.36. The van der Waals surface area contributed by atoms with Gasteiger partial charge in [-0.25, -0.2) is 0 Å². The Bertz CT molecular complexity index is 1020. The van der Waals surface area contributed by atoms with Gasteiger partial charge in [0.05, 0.1) is 23.1 Å². The molecule has 2 heterocycles. The van der Waals surface area contributed by atoms with Crippen LogP contribution in [-0.2, 0) is 15.1 Å². The molecule has 25 heavy (non-hydrogen) atoms. The number of rotatable bonds is 2. The maximum atomic E-state index is 13.0. The van der Waals surface area contributed by atoms with Crippen molar-refractivity contribution < 1.29 is 19.2 Å². The maximum absolute atomic E-state index is 13.0. The molecular formula is C19H16N2O4. The Morgan fingerprint density at radius 1 is 1.16 bits per heavy atom. The zero-order valence-corrected chi connectivity index (χ0v) is 14.1. The van der Waals surface area contributed by atoms with Crippen LogP contribution in [0.2, 0.25) is 0 Å². The third-order valence-electron chi connectivity index (χ3n) is 4.93. The minimum Gasteiger partial charge on any atom is -0.321 e. The van der Waals surface area contributed by atoms with Crippen molar-refractivity contribution in [1.29, 1.82) is 0 Å². The van der Waals surface area contributed by atoms with Crippen LogP contribution in [0.1, 0.15) is 53.5 Å². The normalized spacial score (nSPS) is 17.0. The molecule has 0 saturated carbocycles. The lowest BCUT2D eigenvalue weighted by atomic mass is 9.88. The molecule has 2 aliphatic heterocycles.